The van der Waals surface area contributed by atoms with Crippen molar-refractivity contribution < 1.29 is 14.0 Å². The van der Waals surface area contributed by atoms with Crippen molar-refractivity contribution in [1.29, 1.82) is 0 Å². The Bertz CT molecular complexity index is 901. The predicted octanol–water partition coefficient (Wildman–Crippen LogP) is 5.78. The van der Waals surface area contributed by atoms with Gasteiger partial charge in [0.1, 0.15) is 11.9 Å². The highest BCUT2D eigenvalue weighted by Crippen LogP contribution is 2.23. The summed E-state index contributed by atoms with van der Waals surface area (Å²) in [4.78, 5) is 28.0. The fourth-order valence-electron chi connectivity index (χ4n) is 3.71. The van der Waals surface area contributed by atoms with E-state index in [1.54, 1.807) is 17.0 Å². The Morgan fingerprint density at radius 2 is 1.52 bits per heavy atom. The standard InChI is InChI=1S/C28H39FN2O2/c1-7-20(3)30-27(33)25(8-2)31(19-22-11-16-24(29)17-12-22)26(32)18-13-21-9-14-23(15-10-21)28(4,5)6/h9-12,14-17,20,25H,7-8,13,18-19H2,1-6H3,(H,30,33)/t20-,25+/m0/s1. The van der Waals surface area contributed by atoms with Crippen LogP contribution in [-0.2, 0) is 28.0 Å². The van der Waals surface area contributed by atoms with Gasteiger partial charge in [0.25, 0.3) is 0 Å². The van der Waals surface area contributed by atoms with E-state index in [4.69, 9.17) is 0 Å². The topological polar surface area (TPSA) is 49.4 Å². The highest BCUT2D eigenvalue weighted by atomic mass is 19.1. The maximum absolute atomic E-state index is 13.4. The number of hydrogen-bond acceptors (Lipinski definition) is 2. The normalized spacial score (nSPS) is 13.3. The summed E-state index contributed by atoms with van der Waals surface area (Å²) < 4.78 is 13.4. The molecule has 1 N–H and O–H groups in total. The third-order valence-corrected chi connectivity index (χ3v) is 6.10. The molecule has 0 aliphatic rings. The molecule has 33 heavy (non-hydrogen) atoms. The second kappa shape index (κ2) is 12.0. The van der Waals surface area contributed by atoms with Gasteiger partial charge >= 0.3 is 0 Å². The van der Waals surface area contributed by atoms with E-state index in [0.29, 0.717) is 19.3 Å². The summed E-state index contributed by atoms with van der Waals surface area (Å²) in [7, 11) is 0. The van der Waals surface area contributed by atoms with Crippen molar-refractivity contribution in [2.24, 2.45) is 0 Å². The molecular weight excluding hydrogens is 415 g/mol. The minimum atomic E-state index is -0.570. The van der Waals surface area contributed by atoms with Gasteiger partial charge in [-0.25, -0.2) is 4.39 Å². The first-order chi connectivity index (χ1) is 15.5. The van der Waals surface area contributed by atoms with E-state index in [1.165, 1.54) is 17.7 Å². The average Bonchev–Trinajstić information content (AvgIpc) is 2.78. The number of rotatable bonds is 10. The zero-order valence-corrected chi connectivity index (χ0v) is 21.0. The lowest BCUT2D eigenvalue weighted by atomic mass is 9.86. The zero-order valence-electron chi connectivity index (χ0n) is 21.0. The van der Waals surface area contributed by atoms with E-state index in [1.807, 2.05) is 20.8 Å². The number of carbonyl (C=O) groups is 2. The Labute approximate surface area is 198 Å². The van der Waals surface area contributed by atoms with Gasteiger partial charge in [0.2, 0.25) is 11.8 Å². The van der Waals surface area contributed by atoms with Gasteiger partial charge in [0, 0.05) is 19.0 Å². The van der Waals surface area contributed by atoms with E-state index in [2.05, 4.69) is 50.4 Å². The highest BCUT2D eigenvalue weighted by molar-refractivity contribution is 5.87. The second-order valence-corrected chi connectivity index (χ2v) is 9.84. The summed E-state index contributed by atoms with van der Waals surface area (Å²) in [5.41, 5.74) is 3.23. The smallest absolute Gasteiger partial charge is 0.243 e. The zero-order chi connectivity index (χ0) is 24.6. The number of aryl methyl sites for hydroxylation is 1. The van der Waals surface area contributed by atoms with Crippen LogP contribution in [0.2, 0.25) is 0 Å². The Morgan fingerprint density at radius 3 is 2.03 bits per heavy atom. The Kier molecular flexibility index (Phi) is 9.63. The van der Waals surface area contributed by atoms with Crippen LogP contribution in [0.25, 0.3) is 0 Å². The largest absolute Gasteiger partial charge is 0.352 e. The minimum Gasteiger partial charge on any atom is -0.352 e. The monoisotopic (exact) mass is 454 g/mol. The van der Waals surface area contributed by atoms with Gasteiger partial charge in [-0.2, -0.15) is 0 Å². The summed E-state index contributed by atoms with van der Waals surface area (Å²) in [6.45, 7) is 12.7. The molecule has 2 rings (SSSR count). The van der Waals surface area contributed by atoms with Crippen LogP contribution in [0, 0.1) is 5.82 Å². The number of amides is 2. The van der Waals surface area contributed by atoms with Gasteiger partial charge in [0.05, 0.1) is 0 Å². The molecule has 0 heterocycles. The maximum Gasteiger partial charge on any atom is 0.243 e. The first-order valence-electron chi connectivity index (χ1n) is 12.0. The predicted molar refractivity (Wildman–Crippen MR) is 132 cm³/mol. The molecular formula is C28H39FN2O2. The molecule has 0 saturated carbocycles. The Morgan fingerprint density at radius 1 is 0.939 bits per heavy atom. The fourth-order valence-corrected chi connectivity index (χ4v) is 3.71. The maximum atomic E-state index is 13.4. The van der Waals surface area contributed by atoms with Crippen molar-refractivity contribution in [3.8, 4) is 0 Å². The Balaban J connectivity index is 2.19. The summed E-state index contributed by atoms with van der Waals surface area (Å²) in [6.07, 6.45) is 2.24. The first kappa shape index (κ1) is 26.6. The summed E-state index contributed by atoms with van der Waals surface area (Å²) in [5.74, 6) is -0.542. The van der Waals surface area contributed by atoms with E-state index in [9.17, 15) is 14.0 Å². The van der Waals surface area contributed by atoms with Gasteiger partial charge < -0.3 is 10.2 Å². The number of hydrogen-bond donors (Lipinski definition) is 1. The van der Waals surface area contributed by atoms with Crippen molar-refractivity contribution in [2.75, 3.05) is 0 Å². The van der Waals surface area contributed by atoms with E-state index in [-0.39, 0.29) is 35.6 Å². The van der Waals surface area contributed by atoms with E-state index >= 15 is 0 Å². The molecule has 2 amide bonds. The highest BCUT2D eigenvalue weighted by Gasteiger charge is 2.29. The van der Waals surface area contributed by atoms with Crippen LogP contribution >= 0.6 is 0 Å². The van der Waals surface area contributed by atoms with Crippen LogP contribution in [0.1, 0.15) is 77.5 Å². The lowest BCUT2D eigenvalue weighted by Crippen LogP contribution is -2.50. The number of carbonyl (C=O) groups excluding carboxylic acids is 2. The lowest BCUT2D eigenvalue weighted by Gasteiger charge is -2.31. The fraction of sp³-hybridized carbons (Fsp3) is 0.500. The third kappa shape index (κ3) is 7.99. The summed E-state index contributed by atoms with van der Waals surface area (Å²) >= 11 is 0. The molecule has 0 radical (unpaired) electrons. The van der Waals surface area contributed by atoms with Crippen LogP contribution in [0.4, 0.5) is 4.39 Å². The SMILES string of the molecule is CC[C@H](C(=O)N[C@@H](C)CC)N(Cc1ccc(F)cc1)C(=O)CCc1ccc(C(C)(C)C)cc1. The van der Waals surface area contributed by atoms with Gasteiger partial charge in [-0.05, 0) is 60.4 Å². The first-order valence-corrected chi connectivity index (χ1v) is 12.0. The van der Waals surface area contributed by atoms with E-state index in [0.717, 1.165) is 17.5 Å². The van der Waals surface area contributed by atoms with Crippen LogP contribution in [0.5, 0.6) is 0 Å². The molecule has 5 heteroatoms. The number of nitrogens with zero attached hydrogens (tertiary/aromatic N) is 1. The number of benzene rings is 2. The van der Waals surface area contributed by atoms with Crippen molar-refractivity contribution in [2.45, 2.75) is 91.3 Å². The number of halogens is 1. The van der Waals surface area contributed by atoms with Crippen LogP contribution < -0.4 is 5.32 Å². The molecule has 0 saturated heterocycles. The summed E-state index contributed by atoms with van der Waals surface area (Å²) in [5, 5.41) is 3.01. The van der Waals surface area contributed by atoms with Crippen LogP contribution in [0.15, 0.2) is 48.5 Å². The van der Waals surface area contributed by atoms with Crippen molar-refractivity contribution in [1.82, 2.24) is 10.2 Å². The van der Waals surface area contributed by atoms with Crippen LogP contribution in [0.3, 0.4) is 0 Å². The number of nitrogens with one attached hydrogen (secondary N) is 1. The van der Waals surface area contributed by atoms with Gasteiger partial charge in [-0.3, -0.25) is 9.59 Å². The van der Waals surface area contributed by atoms with Crippen molar-refractivity contribution in [3.05, 3.63) is 71.0 Å². The van der Waals surface area contributed by atoms with Gasteiger partial charge in [-0.1, -0.05) is 71.0 Å². The molecule has 0 unspecified atom stereocenters. The van der Waals surface area contributed by atoms with E-state index < -0.39 is 6.04 Å². The van der Waals surface area contributed by atoms with Gasteiger partial charge in [-0.15, -0.1) is 0 Å². The Hall–Kier alpha value is -2.69. The molecule has 0 fully saturated rings. The molecule has 2 aromatic carbocycles. The molecule has 0 aliphatic carbocycles. The molecule has 0 aliphatic heterocycles. The molecule has 4 nitrogen and oxygen atoms in total. The van der Waals surface area contributed by atoms with Gasteiger partial charge in [0.15, 0.2) is 0 Å². The summed E-state index contributed by atoms with van der Waals surface area (Å²) in [6, 6.07) is 13.9. The lowest BCUT2D eigenvalue weighted by molar-refractivity contribution is -0.141. The molecule has 0 aromatic heterocycles. The quantitative estimate of drug-likeness (QED) is 0.495. The molecule has 2 atom stereocenters. The molecule has 2 aromatic rings. The van der Waals surface area contributed by atoms with Crippen molar-refractivity contribution in [3.63, 3.8) is 0 Å². The average molecular weight is 455 g/mol. The molecule has 0 spiro atoms. The minimum absolute atomic E-state index is 0.0376. The third-order valence-electron chi connectivity index (χ3n) is 6.10. The molecule has 180 valence electrons. The second-order valence-electron chi connectivity index (χ2n) is 9.84. The van der Waals surface area contributed by atoms with Crippen LogP contribution in [-0.4, -0.2) is 28.8 Å². The molecule has 0 bridgehead atoms. The van der Waals surface area contributed by atoms with Crippen molar-refractivity contribution >= 4 is 11.8 Å².